The summed E-state index contributed by atoms with van der Waals surface area (Å²) in [6, 6.07) is 40.4. The molecule has 6 aromatic carbocycles. The van der Waals surface area contributed by atoms with Crippen LogP contribution < -0.4 is 20.1 Å². The third-order valence-electron chi connectivity index (χ3n) is 10.6. The molecule has 11 heteroatoms. The Morgan fingerprint density at radius 3 is 2.31 bits per heavy atom. The Morgan fingerprint density at radius 1 is 0.864 bits per heavy atom. The highest BCUT2D eigenvalue weighted by molar-refractivity contribution is 6.42. The number of hydrogen-bond acceptors (Lipinski definition) is 6. The molecule has 0 saturated carbocycles. The summed E-state index contributed by atoms with van der Waals surface area (Å²) >= 11 is 12.2. The minimum absolute atomic E-state index is 0.178. The van der Waals surface area contributed by atoms with Crippen molar-refractivity contribution in [3.8, 4) is 28.7 Å². The third kappa shape index (κ3) is 8.80. The topological polar surface area (TPSA) is 121 Å². The van der Waals surface area contributed by atoms with Crippen LogP contribution >= 0.6 is 23.2 Å². The van der Waals surface area contributed by atoms with Crippen LogP contribution in [0.25, 0.3) is 11.1 Å². The number of ether oxygens (including phenoxy) is 2. The average Bonchev–Trinajstić information content (AvgIpc) is 3.25. The molecule has 3 amide bonds. The predicted octanol–water partition coefficient (Wildman–Crippen LogP) is 9.42. The number of nitrogens with zero attached hydrogens (tertiary/aromatic N) is 2. The van der Waals surface area contributed by atoms with Gasteiger partial charge in [0, 0.05) is 30.6 Å². The van der Waals surface area contributed by atoms with Gasteiger partial charge in [-0.1, -0.05) is 95.5 Å². The van der Waals surface area contributed by atoms with Gasteiger partial charge in [0.15, 0.2) is 0 Å². The van der Waals surface area contributed by atoms with Gasteiger partial charge in [-0.3, -0.25) is 14.4 Å². The Hall–Kier alpha value is -6.60. The maximum absolute atomic E-state index is 14.1. The van der Waals surface area contributed by atoms with Crippen LogP contribution in [0.1, 0.15) is 55.4 Å². The molecule has 8 rings (SSSR count). The van der Waals surface area contributed by atoms with E-state index in [9.17, 15) is 14.4 Å². The number of rotatable bonds is 10. The van der Waals surface area contributed by atoms with Crippen molar-refractivity contribution in [2.45, 2.75) is 45.1 Å². The van der Waals surface area contributed by atoms with E-state index in [-0.39, 0.29) is 30.7 Å². The van der Waals surface area contributed by atoms with Crippen LogP contribution in [-0.2, 0) is 35.6 Å². The van der Waals surface area contributed by atoms with Crippen LogP contribution in [0.2, 0.25) is 10.0 Å². The highest BCUT2D eigenvalue weighted by atomic mass is 35.5. The number of nitrogens with one attached hydrogen (secondary N) is 2. The molecule has 2 aliphatic heterocycles. The Bertz CT molecular complexity index is 2610. The summed E-state index contributed by atoms with van der Waals surface area (Å²) in [4.78, 5) is 43.1. The number of amides is 3. The van der Waals surface area contributed by atoms with Gasteiger partial charge < -0.3 is 25.0 Å². The lowest BCUT2D eigenvalue weighted by atomic mass is 9.91. The van der Waals surface area contributed by atoms with Crippen molar-refractivity contribution < 1.29 is 23.9 Å². The van der Waals surface area contributed by atoms with E-state index in [1.165, 1.54) is 0 Å². The SMILES string of the molecule is Cc1cccc(C(=O)N2Cc3cc4c(cc3CC2C(=O)NCCc2ccc(-c3ccc(C#N)cc3)cc2)NC(=O)C(c2ccc(OCc3ccc(Cl)c(Cl)c3)cc2)O4)c1. The monoisotopic (exact) mass is 820 g/mol. The quantitative estimate of drug-likeness (QED) is 0.142. The van der Waals surface area contributed by atoms with Crippen molar-refractivity contribution >= 4 is 46.6 Å². The van der Waals surface area contributed by atoms with Gasteiger partial charge in [-0.15, -0.1) is 0 Å². The minimum atomic E-state index is -0.913. The standard InChI is InChI=1S/C48H38Cl2N4O5/c1-29-3-2-4-36(21-29)48(57)54-27-38-25-44-42(53-47(56)45(59-44)35-14-16-39(17-15-35)58-28-32-9-18-40(49)41(50)22-32)23-37(38)24-43(54)46(55)52-20-19-30-5-10-33(11-6-30)34-12-7-31(26-51)8-13-34/h2-18,21-23,25,43,45H,19-20,24,27-28H2,1H3,(H,52,55)(H,53,56). The maximum Gasteiger partial charge on any atom is 0.270 e. The summed E-state index contributed by atoms with van der Waals surface area (Å²) in [5.74, 6) is 0.257. The second kappa shape index (κ2) is 17.1. The normalized spacial score (nSPS) is 15.5. The van der Waals surface area contributed by atoms with E-state index in [2.05, 4.69) is 16.7 Å². The van der Waals surface area contributed by atoms with Crippen molar-refractivity contribution in [3.05, 3.63) is 182 Å². The summed E-state index contributed by atoms with van der Waals surface area (Å²) in [5.41, 5.74) is 8.84. The number of halogens is 2. The summed E-state index contributed by atoms with van der Waals surface area (Å²) in [6.45, 7) is 2.77. The fourth-order valence-corrected chi connectivity index (χ4v) is 7.71. The molecule has 6 aromatic rings. The first-order chi connectivity index (χ1) is 28.6. The zero-order valence-corrected chi connectivity index (χ0v) is 33.5. The molecule has 0 aliphatic carbocycles. The minimum Gasteiger partial charge on any atom is -0.489 e. The maximum atomic E-state index is 14.1. The Labute approximate surface area is 352 Å². The molecule has 0 bridgehead atoms. The van der Waals surface area contributed by atoms with Crippen LogP contribution in [-0.4, -0.2) is 35.2 Å². The number of anilines is 1. The highest BCUT2D eigenvalue weighted by Gasteiger charge is 2.37. The van der Waals surface area contributed by atoms with E-state index in [1.54, 1.807) is 59.5 Å². The van der Waals surface area contributed by atoms with E-state index >= 15 is 0 Å². The largest absolute Gasteiger partial charge is 0.489 e. The molecule has 0 radical (unpaired) electrons. The van der Waals surface area contributed by atoms with Crippen molar-refractivity contribution in [1.29, 1.82) is 5.26 Å². The van der Waals surface area contributed by atoms with E-state index in [0.717, 1.165) is 38.9 Å². The van der Waals surface area contributed by atoms with Gasteiger partial charge in [0.25, 0.3) is 11.8 Å². The number of carbonyl (C=O) groups is 3. The van der Waals surface area contributed by atoms with Gasteiger partial charge >= 0.3 is 0 Å². The summed E-state index contributed by atoms with van der Waals surface area (Å²) in [6.07, 6.45) is -0.0565. The lowest BCUT2D eigenvalue weighted by molar-refractivity contribution is -0.126. The fraction of sp³-hybridized carbons (Fsp3) is 0.167. The molecular formula is C48H38Cl2N4O5. The number of aryl methyl sites for hydroxylation is 1. The highest BCUT2D eigenvalue weighted by Crippen LogP contribution is 2.40. The predicted molar refractivity (Wildman–Crippen MR) is 228 cm³/mol. The number of benzene rings is 6. The van der Waals surface area contributed by atoms with Crippen molar-refractivity contribution in [2.75, 3.05) is 11.9 Å². The van der Waals surface area contributed by atoms with Crippen molar-refractivity contribution in [3.63, 3.8) is 0 Å². The van der Waals surface area contributed by atoms with Crippen LogP contribution in [0.4, 0.5) is 5.69 Å². The first-order valence-electron chi connectivity index (χ1n) is 19.2. The Kier molecular flexibility index (Phi) is 11.4. The second-order valence-corrected chi connectivity index (χ2v) is 15.5. The Morgan fingerprint density at radius 2 is 1.59 bits per heavy atom. The first kappa shape index (κ1) is 39.2. The van der Waals surface area contributed by atoms with Crippen LogP contribution in [0, 0.1) is 18.3 Å². The molecule has 2 heterocycles. The summed E-state index contributed by atoms with van der Waals surface area (Å²) < 4.78 is 12.2. The third-order valence-corrected chi connectivity index (χ3v) is 11.3. The van der Waals surface area contributed by atoms with Gasteiger partial charge in [-0.2, -0.15) is 5.26 Å². The van der Waals surface area contributed by atoms with Gasteiger partial charge in [-0.05, 0) is 107 Å². The summed E-state index contributed by atoms with van der Waals surface area (Å²) in [7, 11) is 0. The van der Waals surface area contributed by atoms with Crippen LogP contribution in [0.15, 0.2) is 127 Å². The molecular weight excluding hydrogens is 783 g/mol. The Balaban J connectivity index is 0.961. The van der Waals surface area contributed by atoms with Gasteiger partial charge in [0.05, 0.1) is 27.4 Å². The lowest BCUT2D eigenvalue weighted by Gasteiger charge is -2.37. The van der Waals surface area contributed by atoms with Crippen molar-refractivity contribution in [1.82, 2.24) is 10.2 Å². The molecule has 0 aromatic heterocycles. The second-order valence-electron chi connectivity index (χ2n) is 14.7. The molecule has 0 spiro atoms. The fourth-order valence-electron chi connectivity index (χ4n) is 7.38. The molecule has 0 fully saturated rings. The van der Waals surface area contributed by atoms with E-state index in [1.807, 2.05) is 79.7 Å². The van der Waals surface area contributed by atoms with Gasteiger partial charge in [-0.25, -0.2) is 0 Å². The number of hydrogen-bond donors (Lipinski definition) is 2. The molecule has 9 nitrogen and oxygen atoms in total. The lowest BCUT2D eigenvalue weighted by Crippen LogP contribution is -2.53. The van der Waals surface area contributed by atoms with E-state index in [0.29, 0.717) is 63.5 Å². The van der Waals surface area contributed by atoms with Gasteiger partial charge in [0.1, 0.15) is 24.1 Å². The van der Waals surface area contributed by atoms with Crippen molar-refractivity contribution in [2.24, 2.45) is 0 Å². The van der Waals surface area contributed by atoms with Crippen LogP contribution in [0.5, 0.6) is 11.5 Å². The van der Waals surface area contributed by atoms with Crippen LogP contribution in [0.3, 0.4) is 0 Å². The summed E-state index contributed by atoms with van der Waals surface area (Å²) in [5, 5.41) is 16.1. The van der Waals surface area contributed by atoms with E-state index in [4.69, 9.17) is 37.9 Å². The molecule has 0 saturated heterocycles. The molecule has 2 atom stereocenters. The molecule has 2 unspecified atom stereocenters. The molecule has 2 aliphatic rings. The molecule has 294 valence electrons. The zero-order valence-electron chi connectivity index (χ0n) is 32.0. The molecule has 59 heavy (non-hydrogen) atoms. The number of carbonyl (C=O) groups excluding carboxylic acids is 3. The smallest absolute Gasteiger partial charge is 0.270 e. The van der Waals surface area contributed by atoms with Gasteiger partial charge in [0.2, 0.25) is 12.0 Å². The first-order valence-corrected chi connectivity index (χ1v) is 19.9. The number of nitriles is 1. The average molecular weight is 822 g/mol. The molecule has 2 N–H and O–H groups in total. The van der Waals surface area contributed by atoms with E-state index < -0.39 is 12.1 Å². The number of fused-ring (bicyclic) bond motifs is 2. The zero-order chi connectivity index (χ0) is 41.0.